The lowest BCUT2D eigenvalue weighted by atomic mass is 10.1. The van der Waals surface area contributed by atoms with Gasteiger partial charge in [0.1, 0.15) is 23.5 Å². The molecule has 6 rings (SSSR count). The standard InChI is InChI=1S/C27H22F3N7O/c28-19-8-15(7-17(9-19)18-12-34-37(13-18)20-5-6-21(29)22(30)10-20)11-31-27(38)24-23-26(33-14-32-24)36-25(35-23)16-3-1-2-4-16/h5-10,12-14,16H,1-4,11H2,(H,31,38)(H,32,33,35,36). The Morgan fingerprint density at radius 3 is 2.68 bits per heavy atom. The fourth-order valence-corrected chi connectivity index (χ4v) is 4.84. The number of hydrogen-bond acceptors (Lipinski definition) is 5. The summed E-state index contributed by atoms with van der Waals surface area (Å²) in [6, 6.07) is 7.81. The molecule has 8 nitrogen and oxygen atoms in total. The van der Waals surface area contributed by atoms with E-state index in [-0.39, 0.29) is 12.2 Å². The first-order valence-electron chi connectivity index (χ1n) is 12.2. The van der Waals surface area contributed by atoms with E-state index in [1.54, 1.807) is 12.3 Å². The minimum absolute atomic E-state index is 0.0516. The van der Waals surface area contributed by atoms with Crippen LogP contribution in [0.2, 0.25) is 0 Å². The first kappa shape index (κ1) is 23.8. The van der Waals surface area contributed by atoms with Crippen LogP contribution in [-0.2, 0) is 6.54 Å². The average molecular weight is 518 g/mol. The van der Waals surface area contributed by atoms with Crippen LogP contribution in [0, 0.1) is 17.5 Å². The summed E-state index contributed by atoms with van der Waals surface area (Å²) in [5.41, 5.74) is 3.03. The summed E-state index contributed by atoms with van der Waals surface area (Å²) in [7, 11) is 0. The highest BCUT2D eigenvalue weighted by Gasteiger charge is 2.23. The number of carbonyl (C=O) groups excluding carboxylic acids is 1. The van der Waals surface area contributed by atoms with Crippen molar-refractivity contribution in [2.75, 3.05) is 0 Å². The van der Waals surface area contributed by atoms with Gasteiger partial charge in [0, 0.05) is 30.3 Å². The molecule has 11 heteroatoms. The van der Waals surface area contributed by atoms with Crippen LogP contribution in [0.4, 0.5) is 13.2 Å². The smallest absolute Gasteiger partial charge is 0.272 e. The molecule has 3 heterocycles. The van der Waals surface area contributed by atoms with Crippen LogP contribution in [-0.4, -0.2) is 35.6 Å². The number of nitrogens with zero attached hydrogens (tertiary/aromatic N) is 5. The molecular weight excluding hydrogens is 495 g/mol. The molecule has 0 radical (unpaired) electrons. The van der Waals surface area contributed by atoms with Gasteiger partial charge in [-0.3, -0.25) is 4.79 Å². The van der Waals surface area contributed by atoms with Crippen molar-refractivity contribution in [2.24, 2.45) is 0 Å². The average Bonchev–Trinajstić information content (AvgIpc) is 3.69. The maximum absolute atomic E-state index is 14.5. The molecule has 1 fully saturated rings. The van der Waals surface area contributed by atoms with E-state index in [9.17, 15) is 18.0 Å². The first-order chi connectivity index (χ1) is 18.4. The molecule has 2 aromatic carbocycles. The molecule has 192 valence electrons. The number of aromatic nitrogens is 6. The van der Waals surface area contributed by atoms with Gasteiger partial charge in [0.15, 0.2) is 23.0 Å². The van der Waals surface area contributed by atoms with Crippen LogP contribution in [0.5, 0.6) is 0 Å². The number of hydrogen-bond donors (Lipinski definition) is 2. The zero-order chi connectivity index (χ0) is 26.2. The number of halogens is 3. The predicted molar refractivity (Wildman–Crippen MR) is 133 cm³/mol. The molecule has 1 saturated carbocycles. The minimum atomic E-state index is -0.991. The van der Waals surface area contributed by atoms with E-state index in [4.69, 9.17) is 0 Å². The van der Waals surface area contributed by atoms with Crippen molar-refractivity contribution in [3.8, 4) is 16.8 Å². The summed E-state index contributed by atoms with van der Waals surface area (Å²) < 4.78 is 42.7. The summed E-state index contributed by atoms with van der Waals surface area (Å²) >= 11 is 0. The molecule has 3 aromatic heterocycles. The van der Waals surface area contributed by atoms with Gasteiger partial charge in [0.25, 0.3) is 5.91 Å². The zero-order valence-corrected chi connectivity index (χ0v) is 20.1. The lowest BCUT2D eigenvalue weighted by molar-refractivity contribution is 0.0947. The van der Waals surface area contributed by atoms with Gasteiger partial charge in [-0.25, -0.2) is 32.8 Å². The highest BCUT2D eigenvalue weighted by atomic mass is 19.2. The Balaban J connectivity index is 1.20. The van der Waals surface area contributed by atoms with Crippen molar-refractivity contribution < 1.29 is 18.0 Å². The number of aromatic amines is 1. The minimum Gasteiger partial charge on any atom is -0.347 e. The van der Waals surface area contributed by atoms with Gasteiger partial charge >= 0.3 is 0 Å². The quantitative estimate of drug-likeness (QED) is 0.322. The van der Waals surface area contributed by atoms with Crippen molar-refractivity contribution in [1.29, 1.82) is 0 Å². The zero-order valence-electron chi connectivity index (χ0n) is 20.1. The number of H-pyrrole nitrogens is 1. The Bertz CT molecular complexity index is 1660. The number of imidazole rings is 1. The van der Waals surface area contributed by atoms with E-state index in [0.29, 0.717) is 39.5 Å². The van der Waals surface area contributed by atoms with Gasteiger partial charge in [-0.2, -0.15) is 5.10 Å². The maximum atomic E-state index is 14.5. The molecule has 0 saturated heterocycles. The summed E-state index contributed by atoms with van der Waals surface area (Å²) in [5, 5.41) is 6.97. The number of rotatable bonds is 6. The monoisotopic (exact) mass is 517 g/mol. The molecule has 5 aromatic rings. The van der Waals surface area contributed by atoms with Crippen LogP contribution in [0.1, 0.15) is 53.5 Å². The molecular formula is C27H22F3N7O. The number of benzene rings is 2. The second kappa shape index (κ2) is 9.73. The summed E-state index contributed by atoms with van der Waals surface area (Å²) in [6.07, 6.45) is 8.80. The number of amides is 1. The second-order valence-electron chi connectivity index (χ2n) is 9.33. The van der Waals surface area contributed by atoms with Crippen molar-refractivity contribution in [3.63, 3.8) is 0 Å². The third kappa shape index (κ3) is 4.62. The van der Waals surface area contributed by atoms with Gasteiger partial charge in [0.2, 0.25) is 0 Å². The molecule has 0 unspecified atom stereocenters. The highest BCUT2D eigenvalue weighted by molar-refractivity contribution is 6.02. The Morgan fingerprint density at radius 2 is 1.87 bits per heavy atom. The molecule has 1 aliphatic rings. The highest BCUT2D eigenvalue weighted by Crippen LogP contribution is 2.33. The van der Waals surface area contributed by atoms with Crippen molar-refractivity contribution in [2.45, 2.75) is 38.1 Å². The number of fused-ring (bicyclic) bond motifs is 1. The fraction of sp³-hybridized carbons (Fsp3) is 0.222. The van der Waals surface area contributed by atoms with E-state index < -0.39 is 23.4 Å². The van der Waals surface area contributed by atoms with Gasteiger partial charge in [-0.05, 0) is 54.3 Å². The van der Waals surface area contributed by atoms with Gasteiger partial charge < -0.3 is 10.3 Å². The largest absolute Gasteiger partial charge is 0.347 e. The number of nitrogens with one attached hydrogen (secondary N) is 2. The van der Waals surface area contributed by atoms with Crippen molar-refractivity contribution in [3.05, 3.63) is 89.7 Å². The predicted octanol–water partition coefficient (Wildman–Crippen LogP) is 5.21. The first-order valence-corrected chi connectivity index (χ1v) is 12.2. The summed E-state index contributed by atoms with van der Waals surface area (Å²) in [4.78, 5) is 29.1. The molecule has 0 atom stereocenters. The Labute approximate surface area is 215 Å². The third-order valence-corrected chi connectivity index (χ3v) is 6.76. The Hall–Kier alpha value is -4.54. The molecule has 2 N–H and O–H groups in total. The number of carbonyl (C=O) groups is 1. The van der Waals surface area contributed by atoms with Gasteiger partial charge in [0.05, 0.1) is 11.9 Å². The van der Waals surface area contributed by atoms with Crippen LogP contribution in [0.3, 0.4) is 0 Å². The molecule has 1 aliphatic carbocycles. The third-order valence-electron chi connectivity index (χ3n) is 6.76. The van der Waals surface area contributed by atoms with Crippen molar-refractivity contribution >= 4 is 17.1 Å². The van der Waals surface area contributed by atoms with Gasteiger partial charge in [-0.15, -0.1) is 0 Å². The maximum Gasteiger partial charge on any atom is 0.272 e. The fourth-order valence-electron chi connectivity index (χ4n) is 4.84. The van der Waals surface area contributed by atoms with E-state index >= 15 is 0 Å². The molecule has 0 bridgehead atoms. The van der Waals surface area contributed by atoms with Crippen molar-refractivity contribution in [1.82, 2.24) is 35.0 Å². The van der Waals surface area contributed by atoms with Crippen LogP contribution in [0.15, 0.2) is 55.1 Å². The second-order valence-corrected chi connectivity index (χ2v) is 9.33. The lowest BCUT2D eigenvalue weighted by Gasteiger charge is -2.08. The van der Waals surface area contributed by atoms with E-state index in [1.807, 2.05) is 0 Å². The Kier molecular flexibility index (Phi) is 6.10. The molecule has 0 spiro atoms. The van der Waals surface area contributed by atoms with Crippen LogP contribution in [0.25, 0.3) is 28.0 Å². The molecule has 38 heavy (non-hydrogen) atoms. The Morgan fingerprint density at radius 1 is 1.03 bits per heavy atom. The van der Waals surface area contributed by atoms with E-state index in [1.165, 1.54) is 35.4 Å². The van der Waals surface area contributed by atoms with Crippen LogP contribution >= 0.6 is 0 Å². The van der Waals surface area contributed by atoms with E-state index in [2.05, 4.69) is 30.4 Å². The van der Waals surface area contributed by atoms with Gasteiger partial charge in [-0.1, -0.05) is 12.8 Å². The lowest BCUT2D eigenvalue weighted by Crippen LogP contribution is -2.24. The summed E-state index contributed by atoms with van der Waals surface area (Å²) in [5.74, 6) is -1.72. The topological polar surface area (TPSA) is 101 Å². The van der Waals surface area contributed by atoms with E-state index in [0.717, 1.165) is 43.6 Å². The molecule has 1 amide bonds. The summed E-state index contributed by atoms with van der Waals surface area (Å²) in [6.45, 7) is 0.0516. The molecule has 0 aliphatic heterocycles. The normalized spacial score (nSPS) is 13.9. The van der Waals surface area contributed by atoms with Crippen LogP contribution < -0.4 is 5.32 Å². The SMILES string of the molecule is O=C(NCc1cc(F)cc(-c2cnn(-c3ccc(F)c(F)c3)c2)c1)c1ncnc2nc(C3CCCC3)[nH]c12.